The van der Waals surface area contributed by atoms with Gasteiger partial charge in [-0.15, -0.1) is 0 Å². The Bertz CT molecular complexity index is 519. The van der Waals surface area contributed by atoms with Crippen molar-refractivity contribution < 1.29 is 4.74 Å². The molecule has 0 bridgehead atoms. The van der Waals surface area contributed by atoms with E-state index in [2.05, 4.69) is 44.2 Å². The molecule has 1 atom stereocenters. The van der Waals surface area contributed by atoms with Gasteiger partial charge in [0.25, 0.3) is 0 Å². The Hall–Kier alpha value is -1.80. The minimum atomic E-state index is -0.0921. The van der Waals surface area contributed by atoms with Crippen molar-refractivity contribution in [2.75, 3.05) is 6.61 Å². The van der Waals surface area contributed by atoms with E-state index in [1.54, 1.807) is 0 Å². The fraction of sp³-hybridized carbons (Fsp3) is 0.294. The van der Waals surface area contributed by atoms with Gasteiger partial charge in [0.2, 0.25) is 0 Å². The minimum absolute atomic E-state index is 0.0921. The predicted molar refractivity (Wildman–Crippen MR) is 79.4 cm³/mol. The smallest absolute Gasteiger partial charge is 0.122 e. The van der Waals surface area contributed by atoms with Crippen molar-refractivity contribution in [1.29, 1.82) is 0 Å². The van der Waals surface area contributed by atoms with Crippen LogP contribution in [-0.2, 0) is 6.42 Å². The van der Waals surface area contributed by atoms with Crippen LogP contribution in [0, 0.1) is 6.92 Å². The largest absolute Gasteiger partial charge is 0.491 e. The molecule has 0 saturated heterocycles. The van der Waals surface area contributed by atoms with Crippen LogP contribution in [0.1, 0.15) is 29.7 Å². The molecule has 0 aliphatic rings. The van der Waals surface area contributed by atoms with Crippen molar-refractivity contribution in [2.45, 2.75) is 26.3 Å². The van der Waals surface area contributed by atoms with Crippen LogP contribution < -0.4 is 10.5 Å². The summed E-state index contributed by atoms with van der Waals surface area (Å²) in [5, 5.41) is 0. The van der Waals surface area contributed by atoms with Crippen LogP contribution >= 0.6 is 0 Å². The van der Waals surface area contributed by atoms with Crippen molar-refractivity contribution in [2.24, 2.45) is 5.73 Å². The maximum Gasteiger partial charge on any atom is 0.122 e. The number of para-hydroxylation sites is 1. The molecule has 0 aliphatic heterocycles. The third-order valence-electron chi connectivity index (χ3n) is 3.28. The lowest BCUT2D eigenvalue weighted by Gasteiger charge is -2.15. The molecule has 2 heteroatoms. The number of nitrogens with two attached hydrogens (primary N) is 1. The Morgan fingerprint density at radius 2 is 1.74 bits per heavy atom. The van der Waals surface area contributed by atoms with Crippen LogP contribution in [0.25, 0.3) is 0 Å². The quantitative estimate of drug-likeness (QED) is 0.885. The van der Waals surface area contributed by atoms with Crippen molar-refractivity contribution in [3.63, 3.8) is 0 Å². The summed E-state index contributed by atoms with van der Waals surface area (Å²) < 4.78 is 5.85. The molecule has 2 rings (SSSR count). The first-order valence-electron chi connectivity index (χ1n) is 6.73. The molecule has 2 aromatic carbocycles. The van der Waals surface area contributed by atoms with Gasteiger partial charge in [-0.1, -0.05) is 55.0 Å². The summed E-state index contributed by atoms with van der Waals surface area (Å²) in [5.41, 5.74) is 9.73. The zero-order chi connectivity index (χ0) is 13.7. The molecule has 0 aromatic heterocycles. The molecule has 2 nitrogen and oxygen atoms in total. The second kappa shape index (κ2) is 6.39. The Balaban J connectivity index is 2.00. The van der Waals surface area contributed by atoms with Crippen molar-refractivity contribution >= 4 is 0 Å². The lowest BCUT2D eigenvalue weighted by atomic mass is 10.1. The van der Waals surface area contributed by atoms with Crippen molar-refractivity contribution in [3.05, 3.63) is 65.2 Å². The van der Waals surface area contributed by atoms with Gasteiger partial charge in [-0.2, -0.15) is 0 Å². The first-order valence-corrected chi connectivity index (χ1v) is 6.73. The minimum Gasteiger partial charge on any atom is -0.491 e. The summed E-state index contributed by atoms with van der Waals surface area (Å²) in [6.45, 7) is 4.70. The second-order valence-electron chi connectivity index (χ2n) is 4.79. The van der Waals surface area contributed by atoms with E-state index in [4.69, 9.17) is 10.5 Å². The van der Waals surface area contributed by atoms with E-state index in [9.17, 15) is 0 Å². The van der Waals surface area contributed by atoms with Gasteiger partial charge in [-0.25, -0.2) is 0 Å². The first kappa shape index (κ1) is 13.6. The van der Waals surface area contributed by atoms with Gasteiger partial charge in [0, 0.05) is 0 Å². The third kappa shape index (κ3) is 3.58. The Labute approximate surface area is 115 Å². The monoisotopic (exact) mass is 255 g/mol. The highest BCUT2D eigenvalue weighted by Crippen LogP contribution is 2.20. The molecule has 100 valence electrons. The number of ether oxygens (including phenoxy) is 1. The fourth-order valence-corrected chi connectivity index (χ4v) is 2.03. The lowest BCUT2D eigenvalue weighted by Crippen LogP contribution is -2.19. The maximum absolute atomic E-state index is 6.16. The zero-order valence-corrected chi connectivity index (χ0v) is 11.6. The normalized spacial score (nSPS) is 12.2. The second-order valence-corrected chi connectivity index (χ2v) is 4.79. The van der Waals surface area contributed by atoms with Crippen LogP contribution in [0.2, 0.25) is 0 Å². The van der Waals surface area contributed by atoms with Gasteiger partial charge in [-0.05, 0) is 30.5 Å². The Morgan fingerprint density at radius 3 is 2.42 bits per heavy atom. The molecule has 2 aromatic rings. The number of rotatable bonds is 5. The maximum atomic E-state index is 6.16. The highest BCUT2D eigenvalue weighted by molar-refractivity contribution is 5.33. The molecule has 0 saturated carbocycles. The molecular formula is C17H21NO. The van der Waals surface area contributed by atoms with Gasteiger partial charge in [0.15, 0.2) is 0 Å². The van der Waals surface area contributed by atoms with E-state index in [0.29, 0.717) is 6.61 Å². The van der Waals surface area contributed by atoms with Gasteiger partial charge in [0.05, 0.1) is 6.04 Å². The van der Waals surface area contributed by atoms with E-state index in [1.165, 1.54) is 11.1 Å². The lowest BCUT2D eigenvalue weighted by molar-refractivity contribution is 0.288. The van der Waals surface area contributed by atoms with Crippen molar-refractivity contribution in [3.8, 4) is 5.75 Å². The molecule has 0 spiro atoms. The van der Waals surface area contributed by atoms with E-state index in [0.717, 1.165) is 17.7 Å². The van der Waals surface area contributed by atoms with Crippen LogP contribution in [0.3, 0.4) is 0 Å². The van der Waals surface area contributed by atoms with Gasteiger partial charge in [-0.3, -0.25) is 0 Å². The highest BCUT2D eigenvalue weighted by atomic mass is 16.5. The zero-order valence-electron chi connectivity index (χ0n) is 11.6. The molecule has 2 N–H and O–H groups in total. The Morgan fingerprint density at radius 1 is 1.05 bits per heavy atom. The molecule has 1 unspecified atom stereocenters. The molecule has 0 heterocycles. The summed E-state index contributed by atoms with van der Waals surface area (Å²) in [6, 6.07) is 16.3. The molecule has 0 radical (unpaired) electrons. The van der Waals surface area contributed by atoms with Crippen molar-refractivity contribution in [1.82, 2.24) is 0 Å². The van der Waals surface area contributed by atoms with Crippen LogP contribution in [0.5, 0.6) is 5.75 Å². The summed E-state index contributed by atoms with van der Waals surface area (Å²) in [6.07, 6.45) is 0.968. The summed E-state index contributed by atoms with van der Waals surface area (Å²) in [7, 11) is 0. The van der Waals surface area contributed by atoms with Gasteiger partial charge < -0.3 is 10.5 Å². The molecular weight excluding hydrogens is 234 g/mol. The summed E-state index contributed by atoms with van der Waals surface area (Å²) in [4.78, 5) is 0. The fourth-order valence-electron chi connectivity index (χ4n) is 2.03. The van der Waals surface area contributed by atoms with Crippen LogP contribution in [0.15, 0.2) is 48.5 Å². The summed E-state index contributed by atoms with van der Waals surface area (Å²) in [5.74, 6) is 0.938. The standard InChI is InChI=1S/C17H21NO/c1-3-14-6-4-5-7-17(14)19-12-16(18)15-10-8-13(2)9-11-15/h4-11,16H,3,12,18H2,1-2H3. The third-order valence-corrected chi connectivity index (χ3v) is 3.28. The van der Waals surface area contributed by atoms with E-state index in [-0.39, 0.29) is 6.04 Å². The molecule has 19 heavy (non-hydrogen) atoms. The predicted octanol–water partition coefficient (Wildman–Crippen LogP) is 3.64. The topological polar surface area (TPSA) is 35.2 Å². The number of hydrogen-bond donors (Lipinski definition) is 1. The Kier molecular flexibility index (Phi) is 4.58. The van der Waals surface area contributed by atoms with Crippen LogP contribution in [-0.4, -0.2) is 6.61 Å². The number of aryl methyl sites for hydroxylation is 2. The SMILES string of the molecule is CCc1ccccc1OCC(N)c1ccc(C)cc1. The number of benzene rings is 2. The average Bonchev–Trinajstić information content (AvgIpc) is 2.45. The molecule has 0 fully saturated rings. The van der Waals surface area contributed by atoms with E-state index >= 15 is 0 Å². The average molecular weight is 255 g/mol. The first-order chi connectivity index (χ1) is 9.20. The summed E-state index contributed by atoms with van der Waals surface area (Å²) >= 11 is 0. The van der Waals surface area contributed by atoms with Gasteiger partial charge in [0.1, 0.15) is 12.4 Å². The van der Waals surface area contributed by atoms with E-state index in [1.807, 2.05) is 18.2 Å². The van der Waals surface area contributed by atoms with Crippen LogP contribution in [0.4, 0.5) is 0 Å². The molecule has 0 aliphatic carbocycles. The van der Waals surface area contributed by atoms with E-state index < -0.39 is 0 Å². The highest BCUT2D eigenvalue weighted by Gasteiger charge is 2.08. The molecule has 0 amide bonds. The number of hydrogen-bond acceptors (Lipinski definition) is 2. The van der Waals surface area contributed by atoms with Gasteiger partial charge >= 0.3 is 0 Å².